The van der Waals surface area contributed by atoms with Gasteiger partial charge in [-0.15, -0.1) is 0 Å². The second kappa shape index (κ2) is 24.6. The van der Waals surface area contributed by atoms with Crippen molar-refractivity contribution in [3.8, 4) is 0 Å². The molecule has 0 aliphatic rings. The Morgan fingerprint density at radius 3 is 1.71 bits per heavy atom. The van der Waals surface area contributed by atoms with E-state index in [2.05, 4.69) is 26.0 Å². The maximum atomic E-state index is 13.5. The number of anilines is 1. The third-order valence-corrected chi connectivity index (χ3v) is 12.0. The Bertz CT molecular complexity index is 1770. The van der Waals surface area contributed by atoms with Crippen LogP contribution in [0.4, 0.5) is 5.69 Å². The Balaban J connectivity index is 1.76. The highest BCUT2D eigenvalue weighted by Crippen LogP contribution is 2.30. The van der Waals surface area contributed by atoms with Crippen LogP contribution in [0.1, 0.15) is 113 Å². The number of sulfonamides is 1. The molecular formula is C43H70N6O8S. The van der Waals surface area contributed by atoms with Gasteiger partial charge in [-0.3, -0.25) is 19.2 Å². The number of carbonyl (C=O) groups is 5. The SMILES string of the molecule is CC[C@H](C)[C@H](NC(=O)[C@@H](NC(=O)[C@@H](NC(=O)CCCCCCCCCCNS(=O)(=O)c1cccc2c(N(C)C)cccc12)C(C)C)C(C)C)C(=O)N[C@@H](C)C(=O)OC. The second-order valence-electron chi connectivity index (χ2n) is 16.1. The fraction of sp³-hybridized carbons (Fsp3) is 0.651. The maximum absolute atomic E-state index is 13.5. The smallest absolute Gasteiger partial charge is 0.328 e. The summed E-state index contributed by atoms with van der Waals surface area (Å²) in [6.45, 7) is 12.8. The van der Waals surface area contributed by atoms with E-state index < -0.39 is 57.9 Å². The van der Waals surface area contributed by atoms with Crippen molar-refractivity contribution < 1.29 is 37.1 Å². The summed E-state index contributed by atoms with van der Waals surface area (Å²) < 4.78 is 33.7. The van der Waals surface area contributed by atoms with Crippen molar-refractivity contribution in [2.24, 2.45) is 17.8 Å². The van der Waals surface area contributed by atoms with Crippen molar-refractivity contribution in [3.63, 3.8) is 0 Å². The number of methoxy groups -OCH3 is 1. The highest BCUT2D eigenvalue weighted by Gasteiger charge is 2.34. The van der Waals surface area contributed by atoms with E-state index in [1.807, 2.05) is 71.0 Å². The van der Waals surface area contributed by atoms with Gasteiger partial charge in [-0.2, -0.15) is 0 Å². The molecule has 2 rings (SSSR count). The van der Waals surface area contributed by atoms with E-state index >= 15 is 0 Å². The number of nitrogens with one attached hydrogen (secondary N) is 5. The highest BCUT2D eigenvalue weighted by molar-refractivity contribution is 7.89. The standard InChI is InChI=1S/C43H70N6O8S/c1-11-30(6)39(42(53)45-31(7)43(54)57-10)48-41(52)38(29(4)5)47-40(51)37(28(2)3)46-36(50)26-18-16-14-12-13-15-17-19-27-44-58(55,56)35-25-21-22-32-33(35)23-20-24-34(32)49(8)9/h20-25,28-31,37-39,44H,11-19,26-27H2,1-10H3,(H,45,53)(H,46,50)(H,47,51)(H,48,52)/t30-,31-,37-,38-,39-/m0/s1. The molecule has 0 bridgehead atoms. The topological polar surface area (TPSA) is 192 Å². The fourth-order valence-corrected chi connectivity index (χ4v) is 7.98. The van der Waals surface area contributed by atoms with Gasteiger partial charge in [0.1, 0.15) is 24.2 Å². The number of benzene rings is 2. The maximum Gasteiger partial charge on any atom is 0.328 e. The lowest BCUT2D eigenvalue weighted by Gasteiger charge is -2.30. The molecule has 2 aromatic rings. The normalized spacial score (nSPS) is 14.3. The van der Waals surface area contributed by atoms with Crippen LogP contribution >= 0.6 is 0 Å². The number of rotatable bonds is 26. The quantitative estimate of drug-likeness (QED) is 0.0628. The van der Waals surface area contributed by atoms with Crippen molar-refractivity contribution in [2.45, 2.75) is 142 Å². The van der Waals surface area contributed by atoms with Gasteiger partial charge in [0, 0.05) is 43.5 Å². The summed E-state index contributed by atoms with van der Waals surface area (Å²) in [7, 11) is 1.44. The average molecular weight is 831 g/mol. The van der Waals surface area contributed by atoms with Crippen LogP contribution in [0.3, 0.4) is 0 Å². The predicted octanol–water partition coefficient (Wildman–Crippen LogP) is 5.19. The minimum absolute atomic E-state index is 0.239. The molecule has 15 heteroatoms. The molecule has 0 radical (unpaired) electrons. The Hall–Kier alpha value is -4.24. The highest BCUT2D eigenvalue weighted by atomic mass is 32.2. The lowest BCUT2D eigenvalue weighted by molar-refractivity contribution is -0.145. The number of nitrogens with zero attached hydrogens (tertiary/aromatic N) is 1. The Labute approximate surface area is 346 Å². The molecule has 0 saturated heterocycles. The van der Waals surface area contributed by atoms with Gasteiger partial charge >= 0.3 is 5.97 Å². The van der Waals surface area contributed by atoms with Crippen molar-refractivity contribution in [2.75, 3.05) is 32.6 Å². The molecule has 0 spiro atoms. The molecule has 0 fully saturated rings. The van der Waals surface area contributed by atoms with Gasteiger partial charge in [0.15, 0.2) is 0 Å². The summed E-state index contributed by atoms with van der Waals surface area (Å²) in [6, 6.07) is 7.36. The van der Waals surface area contributed by atoms with Gasteiger partial charge in [0.25, 0.3) is 0 Å². The number of hydrogen-bond donors (Lipinski definition) is 5. The van der Waals surface area contributed by atoms with Crippen LogP contribution in [-0.4, -0.2) is 89.9 Å². The summed E-state index contributed by atoms with van der Waals surface area (Å²) in [5, 5.41) is 12.6. The van der Waals surface area contributed by atoms with Crippen LogP contribution < -0.4 is 30.9 Å². The van der Waals surface area contributed by atoms with Crippen LogP contribution in [0.5, 0.6) is 0 Å². The molecule has 0 unspecified atom stereocenters. The molecule has 58 heavy (non-hydrogen) atoms. The molecule has 0 heterocycles. The summed E-state index contributed by atoms with van der Waals surface area (Å²) in [4.78, 5) is 67.1. The monoisotopic (exact) mass is 830 g/mol. The number of fused-ring (bicyclic) bond motifs is 1. The largest absolute Gasteiger partial charge is 0.467 e. The van der Waals surface area contributed by atoms with Crippen molar-refractivity contribution in [1.82, 2.24) is 26.0 Å². The average Bonchev–Trinajstić information content (AvgIpc) is 3.18. The Morgan fingerprint density at radius 2 is 1.16 bits per heavy atom. The van der Waals surface area contributed by atoms with Gasteiger partial charge in [-0.05, 0) is 49.7 Å². The molecule has 5 atom stereocenters. The van der Waals surface area contributed by atoms with Crippen LogP contribution in [0.2, 0.25) is 0 Å². The van der Waals surface area contributed by atoms with E-state index in [9.17, 15) is 32.4 Å². The molecule has 0 aliphatic carbocycles. The van der Waals surface area contributed by atoms with Crippen LogP contribution in [0, 0.1) is 17.8 Å². The molecule has 0 saturated carbocycles. The molecular weight excluding hydrogens is 761 g/mol. The first-order chi connectivity index (χ1) is 27.4. The zero-order valence-corrected chi connectivity index (χ0v) is 37.2. The third kappa shape index (κ3) is 15.5. The molecule has 326 valence electrons. The van der Waals surface area contributed by atoms with E-state index in [1.165, 1.54) is 14.0 Å². The number of ether oxygens (including phenoxy) is 1. The van der Waals surface area contributed by atoms with Crippen LogP contribution in [0.15, 0.2) is 41.3 Å². The number of unbranched alkanes of at least 4 members (excludes halogenated alkanes) is 7. The predicted molar refractivity (Wildman–Crippen MR) is 230 cm³/mol. The minimum Gasteiger partial charge on any atom is -0.467 e. The van der Waals surface area contributed by atoms with E-state index in [4.69, 9.17) is 4.74 Å². The first kappa shape index (κ1) is 49.9. The van der Waals surface area contributed by atoms with E-state index in [0.29, 0.717) is 24.8 Å². The van der Waals surface area contributed by atoms with Crippen LogP contribution in [-0.2, 0) is 38.7 Å². The van der Waals surface area contributed by atoms with Gasteiger partial charge in [0.05, 0.1) is 12.0 Å². The van der Waals surface area contributed by atoms with E-state index in [-0.39, 0.29) is 35.0 Å². The molecule has 0 aromatic heterocycles. The summed E-state index contributed by atoms with van der Waals surface area (Å²) in [5.74, 6) is -3.24. The van der Waals surface area contributed by atoms with Crippen LogP contribution in [0.25, 0.3) is 10.8 Å². The van der Waals surface area contributed by atoms with Crippen molar-refractivity contribution in [1.29, 1.82) is 0 Å². The first-order valence-corrected chi connectivity index (χ1v) is 22.3. The van der Waals surface area contributed by atoms with Gasteiger partial charge in [-0.1, -0.05) is 111 Å². The number of esters is 1. The zero-order chi connectivity index (χ0) is 43.6. The van der Waals surface area contributed by atoms with Crippen molar-refractivity contribution in [3.05, 3.63) is 36.4 Å². The summed E-state index contributed by atoms with van der Waals surface area (Å²) in [6.07, 6.45) is 8.03. The lowest BCUT2D eigenvalue weighted by Crippen LogP contribution is -2.60. The van der Waals surface area contributed by atoms with Gasteiger partial charge < -0.3 is 30.9 Å². The second-order valence-corrected chi connectivity index (χ2v) is 17.9. The van der Waals surface area contributed by atoms with E-state index in [1.54, 1.807) is 26.0 Å². The first-order valence-electron chi connectivity index (χ1n) is 20.8. The van der Waals surface area contributed by atoms with Gasteiger partial charge in [0.2, 0.25) is 33.7 Å². The Morgan fingerprint density at radius 1 is 0.655 bits per heavy atom. The molecule has 4 amide bonds. The molecule has 2 aromatic carbocycles. The molecule has 14 nitrogen and oxygen atoms in total. The number of amides is 4. The Kier molecular flexibility index (Phi) is 21.2. The summed E-state index contributed by atoms with van der Waals surface area (Å²) >= 11 is 0. The van der Waals surface area contributed by atoms with Gasteiger partial charge in [-0.25, -0.2) is 17.9 Å². The summed E-state index contributed by atoms with van der Waals surface area (Å²) in [5.41, 5.74) is 0.963. The number of hydrogen-bond acceptors (Lipinski definition) is 9. The molecule has 0 aliphatic heterocycles. The molecule has 5 N–H and O–H groups in total. The number of carbonyl (C=O) groups excluding carboxylic acids is 5. The van der Waals surface area contributed by atoms with E-state index in [0.717, 1.165) is 56.0 Å². The fourth-order valence-electron chi connectivity index (χ4n) is 6.69. The lowest BCUT2D eigenvalue weighted by atomic mass is 9.95. The zero-order valence-electron chi connectivity index (χ0n) is 36.4. The minimum atomic E-state index is -3.65. The third-order valence-electron chi connectivity index (χ3n) is 10.5. The van der Waals surface area contributed by atoms with Crippen molar-refractivity contribution >= 4 is 56.1 Å².